The summed E-state index contributed by atoms with van der Waals surface area (Å²) in [5, 5.41) is 10.2. The van der Waals surface area contributed by atoms with Crippen molar-refractivity contribution in [2.75, 3.05) is 6.54 Å². The predicted octanol–water partition coefficient (Wildman–Crippen LogP) is 2.40. The lowest BCUT2D eigenvalue weighted by atomic mass is 10.1. The van der Waals surface area contributed by atoms with Gasteiger partial charge in [-0.1, -0.05) is 35.5 Å². The van der Waals surface area contributed by atoms with Gasteiger partial charge in [-0.05, 0) is 31.9 Å². The molecule has 1 aliphatic heterocycles. The molecular weight excluding hydrogens is 328 g/mol. The predicted molar refractivity (Wildman–Crippen MR) is 93.0 cm³/mol. The van der Waals surface area contributed by atoms with Gasteiger partial charge >= 0.3 is 0 Å². The summed E-state index contributed by atoms with van der Waals surface area (Å²) in [5.41, 5.74) is 1.12. The third kappa shape index (κ3) is 5.04. The molecule has 1 aromatic carbocycles. The zero-order valence-corrected chi connectivity index (χ0v) is 14.5. The van der Waals surface area contributed by atoms with Crippen LogP contribution in [0.1, 0.15) is 49.5 Å². The molecule has 1 saturated heterocycles. The molecule has 0 spiro atoms. The van der Waals surface area contributed by atoms with Crippen molar-refractivity contribution >= 4 is 18.3 Å². The third-order valence-corrected chi connectivity index (χ3v) is 4.04. The largest absolute Gasteiger partial charge is 0.346 e. The number of halogens is 1. The summed E-state index contributed by atoms with van der Waals surface area (Å²) in [7, 11) is 0. The van der Waals surface area contributed by atoms with Gasteiger partial charge in [0.1, 0.15) is 0 Å². The van der Waals surface area contributed by atoms with Crippen molar-refractivity contribution in [1.82, 2.24) is 20.8 Å². The molecule has 0 aliphatic carbocycles. The number of nitrogens with zero attached hydrogens (tertiary/aromatic N) is 2. The summed E-state index contributed by atoms with van der Waals surface area (Å²) in [5.74, 6) is 1.10. The molecule has 2 N–H and O–H groups in total. The Labute approximate surface area is 147 Å². The molecule has 1 amide bonds. The van der Waals surface area contributed by atoms with E-state index < -0.39 is 0 Å². The topological polar surface area (TPSA) is 80.0 Å². The lowest BCUT2D eigenvalue weighted by molar-refractivity contribution is -0.122. The Morgan fingerprint density at radius 2 is 2.21 bits per heavy atom. The van der Waals surface area contributed by atoms with E-state index in [4.69, 9.17) is 4.52 Å². The zero-order chi connectivity index (χ0) is 16.1. The van der Waals surface area contributed by atoms with Gasteiger partial charge in [0, 0.05) is 12.5 Å². The van der Waals surface area contributed by atoms with Gasteiger partial charge in [-0.25, -0.2) is 0 Å². The van der Waals surface area contributed by atoms with Crippen molar-refractivity contribution in [3.05, 3.63) is 47.6 Å². The summed E-state index contributed by atoms with van der Waals surface area (Å²) < 4.78 is 5.28. The first-order chi connectivity index (χ1) is 11.2. The van der Waals surface area contributed by atoms with Crippen LogP contribution in [0.25, 0.3) is 0 Å². The summed E-state index contributed by atoms with van der Waals surface area (Å²) in [6.45, 7) is 2.87. The fourth-order valence-corrected chi connectivity index (χ4v) is 2.81. The van der Waals surface area contributed by atoms with Crippen LogP contribution in [0.3, 0.4) is 0 Å². The number of carbonyl (C=O) groups excluding carboxylic acids is 1. The molecule has 0 bridgehead atoms. The highest BCUT2D eigenvalue weighted by Crippen LogP contribution is 2.13. The molecule has 24 heavy (non-hydrogen) atoms. The average Bonchev–Trinajstić information content (AvgIpc) is 3.20. The van der Waals surface area contributed by atoms with Crippen molar-refractivity contribution in [2.45, 2.75) is 44.7 Å². The molecule has 2 atom stereocenters. The van der Waals surface area contributed by atoms with E-state index in [0.717, 1.165) is 24.9 Å². The number of hydrogen-bond donors (Lipinski definition) is 2. The molecular formula is C17H23ClN4O2. The maximum atomic E-state index is 12.0. The summed E-state index contributed by atoms with van der Waals surface area (Å²) in [6, 6.07) is 10.0. The minimum atomic E-state index is -0.253. The van der Waals surface area contributed by atoms with Crippen LogP contribution < -0.4 is 10.6 Å². The van der Waals surface area contributed by atoms with Gasteiger partial charge in [-0.3, -0.25) is 4.79 Å². The van der Waals surface area contributed by atoms with Crippen molar-refractivity contribution in [3.8, 4) is 0 Å². The molecule has 3 rings (SSSR count). The molecule has 6 nitrogen and oxygen atoms in total. The van der Waals surface area contributed by atoms with E-state index in [-0.39, 0.29) is 24.4 Å². The van der Waals surface area contributed by atoms with Gasteiger partial charge in [-0.2, -0.15) is 4.98 Å². The highest BCUT2D eigenvalue weighted by atomic mass is 35.5. The van der Waals surface area contributed by atoms with Crippen molar-refractivity contribution in [3.63, 3.8) is 0 Å². The highest BCUT2D eigenvalue weighted by Gasteiger charge is 2.21. The Kier molecular flexibility index (Phi) is 6.75. The SMILES string of the molecule is CC(NC(=O)CC1CCCN1)c1noc(Cc2ccccc2)n1.Cl. The van der Waals surface area contributed by atoms with Crippen LogP contribution >= 0.6 is 12.4 Å². The lowest BCUT2D eigenvalue weighted by Crippen LogP contribution is -2.33. The maximum absolute atomic E-state index is 12.0. The first-order valence-corrected chi connectivity index (χ1v) is 8.10. The van der Waals surface area contributed by atoms with Gasteiger partial charge in [-0.15, -0.1) is 12.4 Å². The number of nitrogens with one attached hydrogen (secondary N) is 2. The first-order valence-electron chi connectivity index (χ1n) is 8.10. The normalized spacial score (nSPS) is 18.0. The minimum Gasteiger partial charge on any atom is -0.346 e. The second-order valence-electron chi connectivity index (χ2n) is 6.00. The van der Waals surface area contributed by atoms with E-state index in [1.165, 1.54) is 0 Å². The van der Waals surface area contributed by atoms with Gasteiger partial charge in [0.05, 0.1) is 12.5 Å². The maximum Gasteiger partial charge on any atom is 0.231 e. The monoisotopic (exact) mass is 350 g/mol. The average molecular weight is 351 g/mol. The van der Waals surface area contributed by atoms with Crippen molar-refractivity contribution in [2.24, 2.45) is 0 Å². The molecule has 1 aliphatic rings. The second-order valence-corrected chi connectivity index (χ2v) is 6.00. The number of rotatable bonds is 6. The Morgan fingerprint density at radius 3 is 2.92 bits per heavy atom. The van der Waals surface area contributed by atoms with E-state index in [1.807, 2.05) is 37.3 Å². The standard InChI is InChI=1S/C17H22N4O2.ClH/c1-12(19-15(22)11-14-8-5-9-18-14)17-20-16(23-21-17)10-13-6-3-2-4-7-13;/h2-4,6-7,12,14,18H,5,8-11H2,1H3,(H,19,22);1H. The van der Waals surface area contributed by atoms with E-state index >= 15 is 0 Å². The molecule has 0 radical (unpaired) electrons. The number of aromatic nitrogens is 2. The minimum absolute atomic E-state index is 0. The Bertz CT molecular complexity index is 641. The van der Waals surface area contributed by atoms with E-state index in [9.17, 15) is 4.79 Å². The van der Waals surface area contributed by atoms with Crippen LogP contribution in [0.15, 0.2) is 34.9 Å². The molecule has 7 heteroatoms. The van der Waals surface area contributed by atoms with Crippen molar-refractivity contribution < 1.29 is 9.32 Å². The van der Waals surface area contributed by atoms with Crippen LogP contribution in [0, 0.1) is 0 Å². The summed E-state index contributed by atoms with van der Waals surface area (Å²) >= 11 is 0. The first kappa shape index (κ1) is 18.4. The fourth-order valence-electron chi connectivity index (χ4n) is 2.81. The molecule has 2 heterocycles. The summed E-state index contributed by atoms with van der Waals surface area (Å²) in [4.78, 5) is 16.4. The van der Waals surface area contributed by atoms with Gasteiger partial charge in [0.25, 0.3) is 0 Å². The molecule has 130 valence electrons. The van der Waals surface area contributed by atoms with E-state index in [0.29, 0.717) is 30.6 Å². The molecule has 1 fully saturated rings. The molecule has 0 saturated carbocycles. The van der Waals surface area contributed by atoms with E-state index in [2.05, 4.69) is 20.8 Å². The lowest BCUT2D eigenvalue weighted by Gasteiger charge is -2.13. The van der Waals surface area contributed by atoms with Gasteiger partial charge in [0.15, 0.2) is 5.82 Å². The van der Waals surface area contributed by atoms with Crippen LogP contribution in [-0.2, 0) is 11.2 Å². The van der Waals surface area contributed by atoms with Gasteiger partial charge < -0.3 is 15.2 Å². The van der Waals surface area contributed by atoms with Crippen molar-refractivity contribution in [1.29, 1.82) is 0 Å². The smallest absolute Gasteiger partial charge is 0.231 e. The van der Waals surface area contributed by atoms with E-state index in [1.54, 1.807) is 0 Å². The summed E-state index contributed by atoms with van der Waals surface area (Å²) in [6.07, 6.45) is 3.30. The second kappa shape index (κ2) is 8.80. The third-order valence-electron chi connectivity index (χ3n) is 4.04. The van der Waals surface area contributed by atoms with Gasteiger partial charge in [0.2, 0.25) is 11.8 Å². The number of amides is 1. The Balaban J connectivity index is 0.00000208. The number of benzene rings is 1. The Morgan fingerprint density at radius 1 is 1.42 bits per heavy atom. The van der Waals surface area contributed by atoms with Crippen LogP contribution in [0.5, 0.6) is 0 Å². The fraction of sp³-hybridized carbons (Fsp3) is 0.471. The molecule has 2 unspecified atom stereocenters. The van der Waals surface area contributed by atoms with Crippen LogP contribution in [0.4, 0.5) is 0 Å². The Hall–Kier alpha value is -1.92. The molecule has 2 aromatic rings. The number of hydrogen-bond acceptors (Lipinski definition) is 5. The van der Waals surface area contributed by atoms with Crippen LogP contribution in [-0.4, -0.2) is 28.6 Å². The number of carbonyl (C=O) groups is 1. The quantitative estimate of drug-likeness (QED) is 0.836. The molecule has 1 aromatic heterocycles. The zero-order valence-electron chi connectivity index (χ0n) is 13.7. The van der Waals surface area contributed by atoms with Crippen LogP contribution in [0.2, 0.25) is 0 Å². The highest BCUT2D eigenvalue weighted by molar-refractivity contribution is 5.85.